The van der Waals surface area contributed by atoms with Crippen LogP contribution in [-0.4, -0.2) is 37.1 Å². The van der Waals surface area contributed by atoms with Crippen LogP contribution in [0.5, 0.6) is 0 Å². The van der Waals surface area contributed by atoms with Crippen molar-refractivity contribution in [1.82, 2.24) is 4.90 Å². The van der Waals surface area contributed by atoms with Gasteiger partial charge < -0.3 is 4.90 Å². The van der Waals surface area contributed by atoms with Gasteiger partial charge in [0.15, 0.2) is 0 Å². The van der Waals surface area contributed by atoms with Gasteiger partial charge in [-0.1, -0.05) is 0 Å². The molecule has 1 heterocycles. The van der Waals surface area contributed by atoms with E-state index in [2.05, 4.69) is 25.8 Å². The zero-order valence-electron chi connectivity index (χ0n) is 7.06. The summed E-state index contributed by atoms with van der Waals surface area (Å²) in [5, 5.41) is 0. The first-order valence-corrected chi connectivity index (χ1v) is 4.11. The first kappa shape index (κ1) is 8.02. The summed E-state index contributed by atoms with van der Waals surface area (Å²) in [6, 6.07) is 0.716. The molecule has 0 aromatic heterocycles. The molecular formula is C8H18N2. The van der Waals surface area contributed by atoms with Crippen molar-refractivity contribution in [2.24, 2.45) is 0 Å². The molecular weight excluding hydrogens is 124 g/mol. The second kappa shape index (κ2) is 3.35. The molecule has 0 aliphatic carbocycles. The summed E-state index contributed by atoms with van der Waals surface area (Å²) in [6.45, 7) is 9.37. The lowest BCUT2D eigenvalue weighted by atomic mass is 10.2. The zero-order valence-corrected chi connectivity index (χ0v) is 7.06. The van der Waals surface area contributed by atoms with Crippen LogP contribution in [0.2, 0.25) is 0 Å². The minimum absolute atomic E-state index is 0.716. The third-order valence-electron chi connectivity index (χ3n) is 2.24. The minimum Gasteiger partial charge on any atom is -0.466 e. The van der Waals surface area contributed by atoms with Gasteiger partial charge in [-0.25, -0.2) is 0 Å². The highest BCUT2D eigenvalue weighted by Gasteiger charge is 2.15. The highest BCUT2D eigenvalue weighted by atomic mass is 15.3. The average molecular weight is 142 g/mol. The van der Waals surface area contributed by atoms with Crippen molar-refractivity contribution < 1.29 is 4.90 Å². The molecule has 0 saturated carbocycles. The Bertz CT molecular complexity index is 93.4. The summed E-state index contributed by atoms with van der Waals surface area (Å²) in [5.74, 6) is 0. The maximum atomic E-state index is 3.98. The van der Waals surface area contributed by atoms with Gasteiger partial charge in [0, 0.05) is 19.1 Å². The molecule has 0 unspecified atom stereocenters. The molecule has 10 heavy (non-hydrogen) atoms. The van der Waals surface area contributed by atoms with Gasteiger partial charge in [-0.05, 0) is 13.8 Å². The van der Waals surface area contributed by atoms with Gasteiger partial charge in [-0.2, -0.15) is 7.05 Å². The Balaban J connectivity index is 2.26. The Kier molecular flexibility index (Phi) is 2.69. The Hall–Kier alpha value is -0.0800. The van der Waals surface area contributed by atoms with E-state index in [1.807, 2.05) is 0 Å². The van der Waals surface area contributed by atoms with Gasteiger partial charge in [0.05, 0.1) is 13.1 Å². The van der Waals surface area contributed by atoms with Crippen LogP contribution in [0, 0.1) is 7.05 Å². The van der Waals surface area contributed by atoms with Crippen molar-refractivity contribution >= 4 is 0 Å². The van der Waals surface area contributed by atoms with E-state index in [0.717, 1.165) is 0 Å². The zero-order chi connectivity index (χ0) is 7.56. The SMILES string of the molecule is [CH2-][NH+]1CCN(C(C)C)CC1. The van der Waals surface area contributed by atoms with Crippen molar-refractivity contribution in [1.29, 1.82) is 0 Å². The highest BCUT2D eigenvalue weighted by molar-refractivity contribution is 4.64. The van der Waals surface area contributed by atoms with E-state index in [0.29, 0.717) is 6.04 Å². The van der Waals surface area contributed by atoms with E-state index in [4.69, 9.17) is 0 Å². The van der Waals surface area contributed by atoms with E-state index < -0.39 is 0 Å². The van der Waals surface area contributed by atoms with E-state index in [1.54, 1.807) is 0 Å². The fraction of sp³-hybridized carbons (Fsp3) is 0.875. The van der Waals surface area contributed by atoms with Gasteiger partial charge >= 0.3 is 0 Å². The summed E-state index contributed by atoms with van der Waals surface area (Å²) in [7, 11) is 3.98. The summed E-state index contributed by atoms with van der Waals surface area (Å²) in [6.07, 6.45) is 0. The standard InChI is InChI=1S/C8H18N2/c1-8(2)10-6-4-9(3)5-7-10/h8-9H,3-7H2,1-2H3. The van der Waals surface area contributed by atoms with Crippen LogP contribution in [0.25, 0.3) is 0 Å². The van der Waals surface area contributed by atoms with Crippen molar-refractivity contribution in [3.63, 3.8) is 0 Å². The maximum Gasteiger partial charge on any atom is 0.0660 e. The molecule has 1 N–H and O–H groups in total. The second-order valence-corrected chi connectivity index (χ2v) is 3.38. The van der Waals surface area contributed by atoms with Crippen molar-refractivity contribution in [2.75, 3.05) is 26.2 Å². The van der Waals surface area contributed by atoms with E-state index in [-0.39, 0.29) is 0 Å². The van der Waals surface area contributed by atoms with E-state index in [1.165, 1.54) is 31.1 Å². The van der Waals surface area contributed by atoms with Gasteiger partial charge in [0.2, 0.25) is 0 Å². The Labute approximate surface area is 63.8 Å². The Morgan fingerprint density at radius 3 is 2.20 bits per heavy atom. The normalized spacial score (nSPS) is 24.0. The van der Waals surface area contributed by atoms with Crippen LogP contribution in [0.4, 0.5) is 0 Å². The molecule has 0 bridgehead atoms. The molecule has 1 aliphatic heterocycles. The smallest absolute Gasteiger partial charge is 0.0660 e. The van der Waals surface area contributed by atoms with Crippen LogP contribution in [-0.2, 0) is 0 Å². The first-order chi connectivity index (χ1) is 4.70. The number of hydrogen-bond acceptors (Lipinski definition) is 1. The second-order valence-electron chi connectivity index (χ2n) is 3.38. The van der Waals surface area contributed by atoms with Crippen LogP contribution in [0.1, 0.15) is 13.8 Å². The van der Waals surface area contributed by atoms with Crippen molar-refractivity contribution in [3.8, 4) is 0 Å². The molecule has 0 amide bonds. The molecule has 0 aromatic rings. The minimum atomic E-state index is 0.716. The lowest BCUT2D eigenvalue weighted by molar-refractivity contribution is -0.859. The predicted octanol–water partition coefficient (Wildman–Crippen LogP) is -0.613. The van der Waals surface area contributed by atoms with Crippen molar-refractivity contribution in [2.45, 2.75) is 19.9 Å². The summed E-state index contributed by atoms with van der Waals surface area (Å²) in [5.41, 5.74) is 0. The van der Waals surface area contributed by atoms with Crippen LogP contribution in [0.15, 0.2) is 0 Å². The predicted molar refractivity (Wildman–Crippen MR) is 42.8 cm³/mol. The number of nitrogens with one attached hydrogen (secondary N) is 1. The molecule has 0 atom stereocenters. The molecule has 0 radical (unpaired) electrons. The van der Waals surface area contributed by atoms with Crippen molar-refractivity contribution in [3.05, 3.63) is 7.05 Å². The van der Waals surface area contributed by atoms with E-state index >= 15 is 0 Å². The highest BCUT2D eigenvalue weighted by Crippen LogP contribution is 1.96. The maximum absolute atomic E-state index is 3.98. The molecule has 1 saturated heterocycles. The summed E-state index contributed by atoms with van der Waals surface area (Å²) in [4.78, 5) is 3.94. The van der Waals surface area contributed by atoms with Crippen LogP contribution >= 0.6 is 0 Å². The molecule has 2 nitrogen and oxygen atoms in total. The summed E-state index contributed by atoms with van der Waals surface area (Å²) >= 11 is 0. The Morgan fingerprint density at radius 1 is 1.30 bits per heavy atom. The number of hydrogen-bond donors (Lipinski definition) is 1. The van der Waals surface area contributed by atoms with Gasteiger partial charge in [-0.3, -0.25) is 4.90 Å². The fourth-order valence-corrected chi connectivity index (χ4v) is 1.36. The monoisotopic (exact) mass is 142 g/mol. The Morgan fingerprint density at radius 2 is 1.80 bits per heavy atom. The molecule has 1 rings (SSSR count). The molecule has 60 valence electrons. The topological polar surface area (TPSA) is 7.68 Å². The van der Waals surface area contributed by atoms with Gasteiger partial charge in [-0.15, -0.1) is 0 Å². The largest absolute Gasteiger partial charge is 0.466 e. The summed E-state index contributed by atoms with van der Waals surface area (Å²) < 4.78 is 0. The lowest BCUT2D eigenvalue weighted by Crippen LogP contribution is -3.10. The fourth-order valence-electron chi connectivity index (χ4n) is 1.36. The van der Waals surface area contributed by atoms with Gasteiger partial charge in [0.1, 0.15) is 0 Å². The third-order valence-corrected chi connectivity index (χ3v) is 2.24. The number of quaternary nitrogens is 1. The third kappa shape index (κ3) is 1.96. The number of nitrogens with zero attached hydrogens (tertiary/aromatic N) is 1. The molecule has 2 heteroatoms. The quantitative estimate of drug-likeness (QED) is 0.480. The van der Waals surface area contributed by atoms with Gasteiger partial charge in [0.25, 0.3) is 0 Å². The van der Waals surface area contributed by atoms with E-state index in [9.17, 15) is 0 Å². The molecule has 1 fully saturated rings. The molecule has 0 spiro atoms. The first-order valence-electron chi connectivity index (χ1n) is 4.11. The lowest BCUT2D eigenvalue weighted by Gasteiger charge is -2.36. The van der Waals surface area contributed by atoms with Crippen LogP contribution < -0.4 is 4.90 Å². The molecule has 0 aromatic carbocycles. The molecule has 1 aliphatic rings. The van der Waals surface area contributed by atoms with Crippen LogP contribution in [0.3, 0.4) is 0 Å². The number of piperazine rings is 1. The average Bonchev–Trinajstić information content (AvgIpc) is 1.88. The number of rotatable bonds is 1.